The maximum atomic E-state index is 12.8. The first-order valence-electron chi connectivity index (χ1n) is 9.66. The predicted molar refractivity (Wildman–Crippen MR) is 112 cm³/mol. The van der Waals surface area contributed by atoms with Crippen molar-refractivity contribution in [1.29, 1.82) is 0 Å². The molecular weight excluding hydrogens is 368 g/mol. The number of Topliss-reactive ketones (excluding diaryl/α,β-unsaturated/α-hetero) is 1. The van der Waals surface area contributed by atoms with Crippen LogP contribution in [-0.4, -0.2) is 36.6 Å². The summed E-state index contributed by atoms with van der Waals surface area (Å²) in [6, 6.07) is 15.8. The van der Waals surface area contributed by atoms with E-state index in [1.54, 1.807) is 7.11 Å². The SMILES string of the molecule is CCc1c(C(=O)C(N)=O)c2c(COCCOC)cccc2n1Cc1ccccc1. The number of hydrogen-bond acceptors (Lipinski definition) is 4. The third-order valence-electron chi connectivity index (χ3n) is 4.94. The van der Waals surface area contributed by atoms with Crippen LogP contribution < -0.4 is 5.73 Å². The Morgan fingerprint density at radius 1 is 1.03 bits per heavy atom. The number of nitrogens with two attached hydrogens (primary N) is 1. The Balaban J connectivity index is 2.17. The molecule has 3 rings (SSSR count). The summed E-state index contributed by atoms with van der Waals surface area (Å²) in [6.45, 7) is 3.82. The molecule has 0 unspecified atom stereocenters. The fourth-order valence-electron chi connectivity index (χ4n) is 3.65. The van der Waals surface area contributed by atoms with Crippen molar-refractivity contribution >= 4 is 22.6 Å². The van der Waals surface area contributed by atoms with Gasteiger partial charge in [0.25, 0.3) is 11.7 Å². The van der Waals surface area contributed by atoms with Gasteiger partial charge in [-0.2, -0.15) is 0 Å². The second kappa shape index (κ2) is 9.49. The van der Waals surface area contributed by atoms with Crippen molar-refractivity contribution in [2.45, 2.75) is 26.5 Å². The lowest BCUT2D eigenvalue weighted by atomic mass is 10.0. The van der Waals surface area contributed by atoms with E-state index >= 15 is 0 Å². The number of hydrogen-bond donors (Lipinski definition) is 1. The number of ketones is 1. The first kappa shape index (κ1) is 20.8. The third kappa shape index (κ3) is 4.39. The van der Waals surface area contributed by atoms with Crippen LogP contribution in [0, 0.1) is 0 Å². The smallest absolute Gasteiger partial charge is 0.289 e. The number of benzene rings is 2. The van der Waals surface area contributed by atoms with Crippen molar-refractivity contribution in [2.24, 2.45) is 5.73 Å². The van der Waals surface area contributed by atoms with Gasteiger partial charge < -0.3 is 19.8 Å². The molecule has 6 nitrogen and oxygen atoms in total. The fraction of sp³-hybridized carbons (Fsp3) is 0.304. The van der Waals surface area contributed by atoms with E-state index in [0.29, 0.717) is 38.3 Å². The van der Waals surface area contributed by atoms with E-state index in [1.807, 2.05) is 55.5 Å². The molecule has 1 amide bonds. The van der Waals surface area contributed by atoms with E-state index in [9.17, 15) is 9.59 Å². The fourth-order valence-corrected chi connectivity index (χ4v) is 3.65. The zero-order chi connectivity index (χ0) is 20.8. The standard InChI is InChI=1S/C23H26N2O4/c1-3-18-21(22(26)23(24)27)20-17(15-29-13-12-28-2)10-7-11-19(20)25(18)14-16-8-5-4-6-9-16/h4-11H,3,12-15H2,1-2H3,(H2,24,27). The van der Waals surface area contributed by atoms with E-state index in [1.165, 1.54) is 0 Å². The quantitative estimate of drug-likeness (QED) is 0.325. The molecule has 0 saturated carbocycles. The molecule has 2 N–H and O–H groups in total. The van der Waals surface area contributed by atoms with Crippen molar-refractivity contribution in [3.8, 4) is 0 Å². The van der Waals surface area contributed by atoms with Crippen LogP contribution in [0.25, 0.3) is 10.9 Å². The number of carbonyl (C=O) groups is 2. The second-order valence-corrected chi connectivity index (χ2v) is 6.80. The first-order chi connectivity index (χ1) is 14.1. The predicted octanol–water partition coefficient (Wildman–Crippen LogP) is 3.08. The molecular formula is C23H26N2O4. The number of aromatic nitrogens is 1. The van der Waals surface area contributed by atoms with Crippen LogP contribution >= 0.6 is 0 Å². The molecule has 3 aromatic rings. The van der Waals surface area contributed by atoms with Gasteiger partial charge in [-0.05, 0) is 23.6 Å². The van der Waals surface area contributed by atoms with Gasteiger partial charge in [-0.25, -0.2) is 0 Å². The maximum Gasteiger partial charge on any atom is 0.289 e. The van der Waals surface area contributed by atoms with Crippen molar-refractivity contribution in [3.05, 3.63) is 70.9 Å². The highest BCUT2D eigenvalue weighted by Gasteiger charge is 2.26. The number of methoxy groups -OCH3 is 1. The monoisotopic (exact) mass is 394 g/mol. The maximum absolute atomic E-state index is 12.8. The van der Waals surface area contributed by atoms with Gasteiger partial charge in [-0.1, -0.05) is 49.4 Å². The Labute approximate surface area is 170 Å². The minimum Gasteiger partial charge on any atom is -0.382 e. The van der Waals surface area contributed by atoms with Crippen molar-refractivity contribution in [1.82, 2.24) is 4.57 Å². The number of rotatable bonds is 10. The van der Waals surface area contributed by atoms with Gasteiger partial charge in [0.15, 0.2) is 0 Å². The van der Waals surface area contributed by atoms with Crippen LogP contribution in [0.3, 0.4) is 0 Å². The Hall–Kier alpha value is -2.96. The van der Waals surface area contributed by atoms with Crippen LogP contribution in [0.15, 0.2) is 48.5 Å². The van der Waals surface area contributed by atoms with E-state index in [2.05, 4.69) is 4.57 Å². The molecule has 1 heterocycles. The molecule has 0 aliphatic heterocycles. The Bertz CT molecular complexity index is 1010. The summed E-state index contributed by atoms with van der Waals surface area (Å²) in [5.74, 6) is -1.61. The average Bonchev–Trinajstić information content (AvgIpc) is 3.05. The first-order valence-corrected chi connectivity index (χ1v) is 9.66. The van der Waals surface area contributed by atoms with E-state index in [-0.39, 0.29) is 0 Å². The summed E-state index contributed by atoms with van der Waals surface area (Å²) in [6.07, 6.45) is 0.597. The molecule has 0 aliphatic carbocycles. The van der Waals surface area contributed by atoms with Crippen molar-refractivity contribution < 1.29 is 19.1 Å². The highest BCUT2D eigenvalue weighted by atomic mass is 16.5. The van der Waals surface area contributed by atoms with Crippen LogP contribution in [-0.2, 0) is 33.8 Å². The second-order valence-electron chi connectivity index (χ2n) is 6.80. The molecule has 0 spiro atoms. The van der Waals surface area contributed by atoms with Gasteiger partial charge in [0.05, 0.1) is 25.4 Å². The molecule has 0 radical (unpaired) electrons. The molecule has 0 aliphatic rings. The Morgan fingerprint density at radius 3 is 2.45 bits per heavy atom. The zero-order valence-electron chi connectivity index (χ0n) is 16.8. The summed E-state index contributed by atoms with van der Waals surface area (Å²) < 4.78 is 12.8. The minimum atomic E-state index is -0.950. The molecule has 29 heavy (non-hydrogen) atoms. The highest BCUT2D eigenvalue weighted by Crippen LogP contribution is 2.31. The minimum absolute atomic E-state index is 0.318. The van der Waals surface area contributed by atoms with Crippen molar-refractivity contribution in [2.75, 3.05) is 20.3 Å². The number of carbonyl (C=O) groups excluding carboxylic acids is 2. The van der Waals surface area contributed by atoms with Crippen molar-refractivity contribution in [3.63, 3.8) is 0 Å². The van der Waals surface area contributed by atoms with Gasteiger partial charge in [0.2, 0.25) is 0 Å². The number of nitrogens with zero attached hydrogens (tertiary/aromatic N) is 1. The highest BCUT2D eigenvalue weighted by molar-refractivity contribution is 6.45. The topological polar surface area (TPSA) is 83.6 Å². The molecule has 6 heteroatoms. The summed E-state index contributed by atoms with van der Waals surface area (Å²) in [4.78, 5) is 24.6. The molecule has 0 fully saturated rings. The molecule has 152 valence electrons. The summed E-state index contributed by atoms with van der Waals surface area (Å²) in [5.41, 5.74) is 9.43. The number of amides is 1. The summed E-state index contributed by atoms with van der Waals surface area (Å²) in [7, 11) is 1.62. The number of fused-ring (bicyclic) bond motifs is 1. The van der Waals surface area contributed by atoms with Crippen LogP contribution in [0.2, 0.25) is 0 Å². The number of primary amides is 1. The van der Waals surface area contributed by atoms with Gasteiger partial charge in [-0.15, -0.1) is 0 Å². The van der Waals surface area contributed by atoms with Gasteiger partial charge >= 0.3 is 0 Å². The van der Waals surface area contributed by atoms with E-state index in [4.69, 9.17) is 15.2 Å². The largest absolute Gasteiger partial charge is 0.382 e. The zero-order valence-corrected chi connectivity index (χ0v) is 16.8. The van der Waals surface area contributed by atoms with Crippen LogP contribution in [0.1, 0.15) is 34.1 Å². The molecule has 0 atom stereocenters. The van der Waals surface area contributed by atoms with Gasteiger partial charge in [0.1, 0.15) is 0 Å². The molecule has 2 aromatic carbocycles. The van der Waals surface area contributed by atoms with E-state index in [0.717, 1.165) is 27.7 Å². The van der Waals surface area contributed by atoms with Gasteiger partial charge in [0, 0.05) is 30.3 Å². The Kier molecular flexibility index (Phi) is 6.80. The lowest BCUT2D eigenvalue weighted by Crippen LogP contribution is -2.24. The van der Waals surface area contributed by atoms with E-state index < -0.39 is 11.7 Å². The third-order valence-corrected chi connectivity index (χ3v) is 4.94. The molecule has 0 bridgehead atoms. The van der Waals surface area contributed by atoms with Crippen LogP contribution in [0.5, 0.6) is 0 Å². The normalized spacial score (nSPS) is 11.1. The molecule has 1 aromatic heterocycles. The lowest BCUT2D eigenvalue weighted by Gasteiger charge is -2.11. The lowest BCUT2D eigenvalue weighted by molar-refractivity contribution is -0.114. The molecule has 0 saturated heterocycles. The number of ether oxygens (including phenoxy) is 2. The average molecular weight is 394 g/mol. The van der Waals surface area contributed by atoms with Crippen LogP contribution in [0.4, 0.5) is 0 Å². The summed E-state index contributed by atoms with van der Waals surface area (Å²) >= 11 is 0. The summed E-state index contributed by atoms with van der Waals surface area (Å²) in [5, 5.41) is 0.737. The Morgan fingerprint density at radius 2 is 1.79 bits per heavy atom. The van der Waals surface area contributed by atoms with Gasteiger partial charge in [-0.3, -0.25) is 9.59 Å².